The predicted molar refractivity (Wildman–Crippen MR) is 85.0 cm³/mol. The summed E-state index contributed by atoms with van der Waals surface area (Å²) < 4.78 is 1.77. The highest BCUT2D eigenvalue weighted by atomic mass is 32.2. The van der Waals surface area contributed by atoms with E-state index < -0.39 is 5.91 Å². The SMILES string of the molecule is CC(Sc1nnnn1C1CC1)C(=O)Nc1ccc(C(N)=O)cc1. The fourth-order valence-electron chi connectivity index (χ4n) is 1.98. The number of aromatic nitrogens is 4. The first-order chi connectivity index (χ1) is 11.0. The first kappa shape index (κ1) is 15.5. The summed E-state index contributed by atoms with van der Waals surface area (Å²) in [6.45, 7) is 1.80. The van der Waals surface area contributed by atoms with Crippen LogP contribution >= 0.6 is 11.8 Å². The lowest BCUT2D eigenvalue weighted by molar-refractivity contribution is -0.115. The fraction of sp³-hybridized carbons (Fsp3) is 0.357. The van der Waals surface area contributed by atoms with E-state index in [0.717, 1.165) is 12.8 Å². The first-order valence-electron chi connectivity index (χ1n) is 7.20. The van der Waals surface area contributed by atoms with Crippen molar-refractivity contribution >= 4 is 29.3 Å². The normalized spacial score (nSPS) is 15.2. The number of primary amides is 1. The maximum Gasteiger partial charge on any atom is 0.248 e. The second-order valence-corrected chi connectivity index (χ2v) is 6.64. The third-order valence-corrected chi connectivity index (χ3v) is 4.49. The Labute approximate surface area is 136 Å². The topological polar surface area (TPSA) is 116 Å². The van der Waals surface area contributed by atoms with Gasteiger partial charge in [0.25, 0.3) is 0 Å². The van der Waals surface area contributed by atoms with Crippen molar-refractivity contribution in [3.05, 3.63) is 29.8 Å². The van der Waals surface area contributed by atoms with Crippen LogP contribution in [0.1, 0.15) is 36.2 Å². The van der Waals surface area contributed by atoms with E-state index in [0.29, 0.717) is 22.4 Å². The van der Waals surface area contributed by atoms with Gasteiger partial charge < -0.3 is 11.1 Å². The van der Waals surface area contributed by atoms with Crippen molar-refractivity contribution in [1.82, 2.24) is 20.2 Å². The second-order valence-electron chi connectivity index (χ2n) is 5.33. The molecule has 1 aliphatic carbocycles. The monoisotopic (exact) mass is 332 g/mol. The van der Waals surface area contributed by atoms with Gasteiger partial charge >= 0.3 is 0 Å². The molecule has 2 aromatic rings. The van der Waals surface area contributed by atoms with Gasteiger partial charge in [-0.3, -0.25) is 9.59 Å². The average molecular weight is 332 g/mol. The van der Waals surface area contributed by atoms with E-state index in [2.05, 4.69) is 20.8 Å². The lowest BCUT2D eigenvalue weighted by Gasteiger charge is -2.11. The molecule has 3 N–H and O–H groups in total. The number of hydrogen-bond donors (Lipinski definition) is 2. The third kappa shape index (κ3) is 3.67. The predicted octanol–water partition coefficient (Wildman–Crippen LogP) is 1.23. The standard InChI is InChI=1S/C14H16N6O2S/c1-8(23-14-17-18-19-20(14)11-6-7-11)13(22)16-10-4-2-9(3-5-10)12(15)21/h2-5,8,11H,6-7H2,1H3,(H2,15,21)(H,16,22). The summed E-state index contributed by atoms with van der Waals surface area (Å²) in [5, 5.41) is 14.7. The summed E-state index contributed by atoms with van der Waals surface area (Å²) in [6.07, 6.45) is 2.15. The van der Waals surface area contributed by atoms with Gasteiger partial charge in [0, 0.05) is 11.3 Å². The van der Waals surface area contributed by atoms with E-state index in [9.17, 15) is 9.59 Å². The number of nitrogens with two attached hydrogens (primary N) is 1. The van der Waals surface area contributed by atoms with E-state index in [1.807, 2.05) is 0 Å². The van der Waals surface area contributed by atoms with Gasteiger partial charge in [0.1, 0.15) is 0 Å². The van der Waals surface area contributed by atoms with Crippen LogP contribution in [0.5, 0.6) is 0 Å². The Kier molecular flexibility index (Phi) is 4.28. The minimum Gasteiger partial charge on any atom is -0.366 e. The highest BCUT2D eigenvalue weighted by Gasteiger charge is 2.29. The van der Waals surface area contributed by atoms with Crippen LogP contribution in [0.25, 0.3) is 0 Å². The number of tetrazole rings is 1. The van der Waals surface area contributed by atoms with Gasteiger partial charge in [0.15, 0.2) is 0 Å². The molecule has 0 saturated heterocycles. The molecule has 8 nitrogen and oxygen atoms in total. The molecule has 1 saturated carbocycles. The summed E-state index contributed by atoms with van der Waals surface area (Å²) in [5.41, 5.74) is 6.18. The summed E-state index contributed by atoms with van der Waals surface area (Å²) in [6, 6.07) is 6.80. The van der Waals surface area contributed by atoms with Gasteiger partial charge in [-0.1, -0.05) is 11.8 Å². The van der Waals surface area contributed by atoms with Gasteiger partial charge in [0.2, 0.25) is 17.0 Å². The molecule has 0 spiro atoms. The number of thioether (sulfide) groups is 1. The molecule has 1 aromatic heterocycles. The van der Waals surface area contributed by atoms with E-state index in [4.69, 9.17) is 5.73 Å². The van der Waals surface area contributed by atoms with Crippen molar-refractivity contribution in [3.63, 3.8) is 0 Å². The lowest BCUT2D eigenvalue weighted by Crippen LogP contribution is -2.23. The Bertz CT molecular complexity index is 725. The highest BCUT2D eigenvalue weighted by molar-refractivity contribution is 8.00. The number of rotatable bonds is 6. The van der Waals surface area contributed by atoms with Gasteiger partial charge in [0.05, 0.1) is 11.3 Å². The molecular formula is C14H16N6O2S. The summed E-state index contributed by atoms with van der Waals surface area (Å²) in [4.78, 5) is 23.3. The molecule has 1 unspecified atom stereocenters. The molecule has 0 radical (unpaired) electrons. The minimum absolute atomic E-state index is 0.160. The molecule has 1 atom stereocenters. The summed E-state index contributed by atoms with van der Waals surface area (Å²) >= 11 is 1.32. The number of hydrogen-bond acceptors (Lipinski definition) is 6. The van der Waals surface area contributed by atoms with Gasteiger partial charge in [-0.05, 0) is 54.5 Å². The lowest BCUT2D eigenvalue weighted by atomic mass is 10.2. The van der Waals surface area contributed by atoms with E-state index >= 15 is 0 Å². The zero-order valence-corrected chi connectivity index (χ0v) is 13.3. The maximum atomic E-state index is 12.3. The zero-order valence-electron chi connectivity index (χ0n) is 12.5. The van der Waals surface area contributed by atoms with E-state index in [1.165, 1.54) is 11.8 Å². The smallest absolute Gasteiger partial charge is 0.248 e. The average Bonchev–Trinajstić information content (AvgIpc) is 3.27. The zero-order chi connectivity index (χ0) is 16.4. The molecule has 1 fully saturated rings. The fourth-order valence-corrected chi connectivity index (χ4v) is 2.84. The molecule has 1 heterocycles. The Morgan fingerprint density at radius 3 is 2.65 bits per heavy atom. The van der Waals surface area contributed by atoms with Crippen LogP contribution < -0.4 is 11.1 Å². The van der Waals surface area contributed by atoms with Crippen molar-refractivity contribution in [1.29, 1.82) is 0 Å². The van der Waals surface area contributed by atoms with Crippen molar-refractivity contribution in [2.45, 2.75) is 36.2 Å². The van der Waals surface area contributed by atoms with Crippen LogP contribution in [0.3, 0.4) is 0 Å². The largest absolute Gasteiger partial charge is 0.366 e. The Hall–Kier alpha value is -2.42. The number of nitrogens with one attached hydrogen (secondary N) is 1. The Balaban J connectivity index is 1.60. The van der Waals surface area contributed by atoms with Crippen LogP contribution in [0, 0.1) is 0 Å². The molecule has 23 heavy (non-hydrogen) atoms. The van der Waals surface area contributed by atoms with Crippen molar-refractivity contribution in [2.24, 2.45) is 5.73 Å². The van der Waals surface area contributed by atoms with Gasteiger partial charge in [-0.15, -0.1) is 5.10 Å². The van der Waals surface area contributed by atoms with Gasteiger partial charge in [-0.25, -0.2) is 4.68 Å². The van der Waals surface area contributed by atoms with E-state index in [-0.39, 0.29) is 11.2 Å². The van der Waals surface area contributed by atoms with E-state index in [1.54, 1.807) is 35.9 Å². The van der Waals surface area contributed by atoms with Crippen LogP contribution in [-0.2, 0) is 4.79 Å². The Morgan fingerprint density at radius 1 is 1.35 bits per heavy atom. The maximum absolute atomic E-state index is 12.3. The molecule has 2 amide bonds. The van der Waals surface area contributed by atoms with Crippen LogP contribution in [0.15, 0.2) is 29.4 Å². The minimum atomic E-state index is -0.501. The highest BCUT2D eigenvalue weighted by Crippen LogP contribution is 2.37. The third-order valence-electron chi connectivity index (χ3n) is 3.44. The Morgan fingerprint density at radius 2 is 2.04 bits per heavy atom. The molecule has 1 aromatic carbocycles. The number of amides is 2. The molecule has 1 aliphatic rings. The van der Waals surface area contributed by atoms with Crippen molar-refractivity contribution in [3.8, 4) is 0 Å². The number of benzene rings is 1. The second kappa shape index (κ2) is 6.37. The van der Waals surface area contributed by atoms with Crippen LogP contribution in [0.2, 0.25) is 0 Å². The summed E-state index contributed by atoms with van der Waals surface area (Å²) in [7, 11) is 0. The molecule has 0 bridgehead atoms. The summed E-state index contributed by atoms with van der Waals surface area (Å²) in [5.74, 6) is -0.661. The molecule has 3 rings (SSSR count). The number of carbonyl (C=O) groups excluding carboxylic acids is 2. The van der Waals surface area contributed by atoms with Crippen LogP contribution in [0.4, 0.5) is 5.69 Å². The van der Waals surface area contributed by atoms with Crippen molar-refractivity contribution < 1.29 is 9.59 Å². The quantitative estimate of drug-likeness (QED) is 0.769. The van der Waals surface area contributed by atoms with Crippen molar-refractivity contribution in [2.75, 3.05) is 5.32 Å². The molecule has 0 aliphatic heterocycles. The molecule has 9 heteroatoms. The number of anilines is 1. The van der Waals surface area contributed by atoms with Gasteiger partial charge in [-0.2, -0.15) is 0 Å². The number of nitrogens with zero attached hydrogens (tertiary/aromatic N) is 4. The first-order valence-corrected chi connectivity index (χ1v) is 8.08. The van der Waals surface area contributed by atoms with Crippen LogP contribution in [-0.4, -0.2) is 37.3 Å². The number of carbonyl (C=O) groups is 2. The molecular weight excluding hydrogens is 316 g/mol. The molecule has 120 valence electrons.